The number of nitrogens with zero attached hydrogens (tertiary/aromatic N) is 3. The number of hydrogen-bond acceptors (Lipinski definition) is 7. The van der Waals surface area contributed by atoms with Gasteiger partial charge in [-0.2, -0.15) is 0 Å². The van der Waals surface area contributed by atoms with Gasteiger partial charge < -0.3 is 14.6 Å². The monoisotopic (exact) mass is 423 g/mol. The lowest BCUT2D eigenvalue weighted by atomic mass is 9.87. The van der Waals surface area contributed by atoms with Crippen molar-refractivity contribution in [2.75, 3.05) is 40.0 Å². The van der Waals surface area contributed by atoms with E-state index in [-0.39, 0.29) is 24.5 Å². The van der Waals surface area contributed by atoms with Gasteiger partial charge in [-0.25, -0.2) is 4.99 Å². The van der Waals surface area contributed by atoms with E-state index in [1.54, 1.807) is 13.3 Å². The van der Waals surface area contributed by atoms with Crippen molar-refractivity contribution in [3.8, 4) is 0 Å². The highest BCUT2D eigenvalue weighted by atomic mass is 16.5. The van der Waals surface area contributed by atoms with Crippen molar-refractivity contribution in [1.29, 1.82) is 0 Å². The molecule has 2 aliphatic rings. The summed E-state index contributed by atoms with van der Waals surface area (Å²) in [4.78, 5) is 23.9. The Hall–Kier alpha value is -2.61. The second-order valence-electron chi connectivity index (χ2n) is 8.08. The van der Waals surface area contributed by atoms with Crippen molar-refractivity contribution < 1.29 is 19.4 Å². The van der Waals surface area contributed by atoms with Crippen LogP contribution < -0.4 is 0 Å². The van der Waals surface area contributed by atoms with E-state index in [9.17, 15) is 9.90 Å². The van der Waals surface area contributed by atoms with Gasteiger partial charge in [0.05, 0.1) is 38.5 Å². The molecule has 0 bridgehead atoms. The number of ketones is 1. The molecule has 0 aliphatic carbocycles. The summed E-state index contributed by atoms with van der Waals surface area (Å²) in [5.74, 6) is 0.401. The first-order valence-corrected chi connectivity index (χ1v) is 10.8. The molecule has 2 aromatic rings. The Morgan fingerprint density at radius 3 is 2.77 bits per heavy atom. The SMILES string of the molecule is COC1=NCc2cc(CC(=O)C[C@@H](c3ccccc3)[C@@H](O)CN3CCOCC3)ncc21. The molecule has 3 heterocycles. The van der Waals surface area contributed by atoms with E-state index in [1.165, 1.54) is 0 Å². The number of benzene rings is 1. The van der Waals surface area contributed by atoms with Gasteiger partial charge >= 0.3 is 0 Å². The van der Waals surface area contributed by atoms with Crippen LogP contribution in [0.4, 0.5) is 0 Å². The van der Waals surface area contributed by atoms with Gasteiger partial charge in [-0.3, -0.25) is 14.7 Å². The Morgan fingerprint density at radius 1 is 1.26 bits per heavy atom. The molecule has 2 aliphatic heterocycles. The van der Waals surface area contributed by atoms with E-state index in [0.29, 0.717) is 32.2 Å². The molecule has 4 rings (SSSR count). The molecule has 2 atom stereocenters. The van der Waals surface area contributed by atoms with Crippen molar-refractivity contribution >= 4 is 11.7 Å². The van der Waals surface area contributed by atoms with Crippen LogP contribution in [0.25, 0.3) is 0 Å². The molecule has 7 nitrogen and oxygen atoms in total. The molecular formula is C24H29N3O4. The van der Waals surface area contributed by atoms with Crippen molar-refractivity contribution in [3.05, 3.63) is 65.0 Å². The zero-order valence-electron chi connectivity index (χ0n) is 17.9. The molecule has 7 heteroatoms. The molecular weight excluding hydrogens is 394 g/mol. The van der Waals surface area contributed by atoms with Gasteiger partial charge in [0.1, 0.15) is 5.78 Å². The van der Waals surface area contributed by atoms with Crippen LogP contribution in [0, 0.1) is 0 Å². The number of methoxy groups -OCH3 is 1. The molecule has 1 fully saturated rings. The Morgan fingerprint density at radius 2 is 2.03 bits per heavy atom. The first kappa shape index (κ1) is 21.6. The Balaban J connectivity index is 1.43. The molecule has 0 amide bonds. The molecule has 1 saturated heterocycles. The maximum atomic E-state index is 13.0. The number of fused-ring (bicyclic) bond motifs is 1. The van der Waals surface area contributed by atoms with Gasteiger partial charge in [0, 0.05) is 50.3 Å². The summed E-state index contributed by atoms with van der Waals surface area (Å²) in [6, 6.07) is 11.7. The maximum absolute atomic E-state index is 13.0. The van der Waals surface area contributed by atoms with Gasteiger partial charge in [-0.15, -0.1) is 0 Å². The largest absolute Gasteiger partial charge is 0.481 e. The highest BCUT2D eigenvalue weighted by molar-refractivity contribution is 5.97. The summed E-state index contributed by atoms with van der Waals surface area (Å²) in [5, 5.41) is 11.0. The minimum atomic E-state index is -0.630. The maximum Gasteiger partial charge on any atom is 0.218 e. The number of rotatable bonds is 8. The predicted octanol–water partition coefficient (Wildman–Crippen LogP) is 1.97. The lowest BCUT2D eigenvalue weighted by Crippen LogP contribution is -2.42. The number of carbonyl (C=O) groups excluding carboxylic acids is 1. The number of pyridine rings is 1. The summed E-state index contributed by atoms with van der Waals surface area (Å²) < 4.78 is 10.7. The molecule has 0 spiro atoms. The number of hydrogen-bond donors (Lipinski definition) is 1. The zero-order chi connectivity index (χ0) is 21.6. The number of carbonyl (C=O) groups is 1. The zero-order valence-corrected chi connectivity index (χ0v) is 17.9. The predicted molar refractivity (Wildman–Crippen MR) is 117 cm³/mol. The van der Waals surface area contributed by atoms with Gasteiger partial charge in [0.2, 0.25) is 5.90 Å². The van der Waals surface area contributed by atoms with Crippen LogP contribution in [0.2, 0.25) is 0 Å². The highest BCUT2D eigenvalue weighted by Gasteiger charge is 2.27. The minimum Gasteiger partial charge on any atom is -0.481 e. The van der Waals surface area contributed by atoms with Crippen molar-refractivity contribution in [2.45, 2.75) is 31.4 Å². The minimum absolute atomic E-state index is 0.0632. The number of β-amino-alcohol motifs (C(OH)–C–C–N with tert-alkyl or cyclic N) is 1. The molecule has 164 valence electrons. The van der Waals surface area contributed by atoms with E-state index in [0.717, 1.165) is 35.5 Å². The topological polar surface area (TPSA) is 84.2 Å². The quantitative estimate of drug-likeness (QED) is 0.699. The fourth-order valence-electron chi connectivity index (χ4n) is 4.25. The fourth-order valence-corrected chi connectivity index (χ4v) is 4.25. The summed E-state index contributed by atoms with van der Waals surface area (Å²) in [7, 11) is 1.59. The third-order valence-electron chi connectivity index (χ3n) is 5.93. The first-order chi connectivity index (χ1) is 15.1. The number of Topliss-reactive ketones (excluding diaryl/α,β-unsaturated/α-hetero) is 1. The number of morpholine rings is 1. The van der Waals surface area contributed by atoms with Crippen LogP contribution in [0.1, 0.15) is 34.7 Å². The van der Waals surface area contributed by atoms with Gasteiger partial charge in [0.15, 0.2) is 0 Å². The third kappa shape index (κ3) is 5.36. The number of aliphatic imine (C=N–C) groups is 1. The number of aliphatic hydroxyl groups is 1. The van der Waals surface area contributed by atoms with E-state index in [2.05, 4.69) is 14.9 Å². The third-order valence-corrected chi connectivity index (χ3v) is 5.93. The van der Waals surface area contributed by atoms with E-state index < -0.39 is 6.10 Å². The van der Waals surface area contributed by atoms with Gasteiger partial charge in [-0.05, 0) is 17.2 Å². The van der Waals surface area contributed by atoms with E-state index >= 15 is 0 Å². The average Bonchev–Trinajstić information content (AvgIpc) is 3.21. The van der Waals surface area contributed by atoms with Crippen molar-refractivity contribution in [2.24, 2.45) is 4.99 Å². The Labute approximate surface area is 182 Å². The van der Waals surface area contributed by atoms with Crippen molar-refractivity contribution in [3.63, 3.8) is 0 Å². The summed E-state index contributed by atoms with van der Waals surface area (Å²) in [5.41, 5.74) is 3.63. The lowest BCUT2D eigenvalue weighted by molar-refractivity contribution is -0.119. The molecule has 0 unspecified atom stereocenters. The second kappa shape index (κ2) is 10.1. The normalized spacial score (nSPS) is 18.2. The smallest absolute Gasteiger partial charge is 0.218 e. The van der Waals surface area contributed by atoms with Crippen LogP contribution >= 0.6 is 0 Å². The lowest BCUT2D eigenvalue weighted by Gasteiger charge is -2.31. The molecule has 1 aromatic carbocycles. The van der Waals surface area contributed by atoms with Crippen LogP contribution in [0.3, 0.4) is 0 Å². The average molecular weight is 424 g/mol. The van der Waals surface area contributed by atoms with E-state index in [4.69, 9.17) is 9.47 Å². The summed E-state index contributed by atoms with van der Waals surface area (Å²) in [6.07, 6.45) is 1.61. The molecule has 31 heavy (non-hydrogen) atoms. The van der Waals surface area contributed by atoms with Crippen LogP contribution in [-0.4, -0.2) is 72.7 Å². The van der Waals surface area contributed by atoms with E-state index in [1.807, 2.05) is 36.4 Å². The standard InChI is InChI=1S/C24H29N3O4/c1-30-24-22-15-25-19(11-18(22)14-26-24)12-20(28)13-21(17-5-3-2-4-6-17)23(29)16-27-7-9-31-10-8-27/h2-6,11,15,21,23,29H,7-10,12-14,16H2,1H3/t21-,23-/m0/s1. The fraction of sp³-hybridized carbons (Fsp3) is 0.458. The van der Waals surface area contributed by atoms with Crippen molar-refractivity contribution in [1.82, 2.24) is 9.88 Å². The summed E-state index contributed by atoms with van der Waals surface area (Å²) in [6.45, 7) is 4.05. The van der Waals surface area contributed by atoms with Crippen LogP contribution in [-0.2, 0) is 27.2 Å². The Bertz CT molecular complexity index is 926. The van der Waals surface area contributed by atoms with Crippen LogP contribution in [0.15, 0.2) is 47.6 Å². The molecule has 1 aromatic heterocycles. The number of ether oxygens (including phenoxy) is 2. The second-order valence-corrected chi connectivity index (χ2v) is 8.08. The van der Waals surface area contributed by atoms with Gasteiger partial charge in [-0.1, -0.05) is 30.3 Å². The number of aromatic nitrogens is 1. The Kier molecular flexibility index (Phi) is 7.06. The van der Waals surface area contributed by atoms with Crippen LogP contribution in [0.5, 0.6) is 0 Å². The molecule has 0 radical (unpaired) electrons. The highest BCUT2D eigenvalue weighted by Crippen LogP contribution is 2.26. The first-order valence-electron chi connectivity index (χ1n) is 10.8. The molecule has 0 saturated carbocycles. The molecule has 1 N–H and O–H groups in total. The number of aliphatic hydroxyl groups excluding tert-OH is 1. The van der Waals surface area contributed by atoms with Gasteiger partial charge in [0.25, 0.3) is 0 Å². The summed E-state index contributed by atoms with van der Waals surface area (Å²) >= 11 is 0.